The zero-order chi connectivity index (χ0) is 11.8. The minimum absolute atomic E-state index is 0.0501. The van der Waals surface area contributed by atoms with Crippen LogP contribution >= 0.6 is 11.6 Å². The predicted molar refractivity (Wildman–Crippen MR) is 66.8 cm³/mol. The van der Waals surface area contributed by atoms with Crippen molar-refractivity contribution in [2.45, 2.75) is 38.5 Å². The Bertz CT molecular complexity index is 378. The van der Waals surface area contributed by atoms with Crippen LogP contribution < -0.4 is 5.32 Å². The third kappa shape index (κ3) is 2.57. The summed E-state index contributed by atoms with van der Waals surface area (Å²) in [6.07, 6.45) is 0.0896. The second-order valence-electron chi connectivity index (χ2n) is 5.10. The highest BCUT2D eigenvalue weighted by Gasteiger charge is 2.33. The summed E-state index contributed by atoms with van der Waals surface area (Å²) in [4.78, 5) is 0. The lowest BCUT2D eigenvalue weighted by atomic mass is 9.96. The normalized spacial score (nSPS) is 29.0. The van der Waals surface area contributed by atoms with Crippen LogP contribution in [0.4, 0.5) is 0 Å². The van der Waals surface area contributed by atoms with Crippen LogP contribution in [0.3, 0.4) is 0 Å². The molecule has 1 fully saturated rings. The maximum Gasteiger partial charge on any atom is 0.0976 e. The average molecular weight is 240 g/mol. The van der Waals surface area contributed by atoms with Crippen LogP contribution in [-0.4, -0.2) is 18.2 Å². The SMILES string of the molecule is C[C@@H]1NC(C)(C)CO[C@H]1c1cccc(Cl)c1. The third-order valence-corrected chi connectivity index (χ3v) is 3.11. The average Bonchev–Trinajstić information content (AvgIpc) is 2.15. The van der Waals surface area contributed by atoms with Gasteiger partial charge in [-0.1, -0.05) is 23.7 Å². The molecule has 1 saturated heterocycles. The monoisotopic (exact) mass is 239 g/mol. The molecule has 1 aliphatic rings. The molecule has 0 saturated carbocycles. The Hall–Kier alpha value is -0.570. The van der Waals surface area contributed by atoms with Gasteiger partial charge in [0.25, 0.3) is 0 Å². The van der Waals surface area contributed by atoms with Crippen molar-refractivity contribution in [1.82, 2.24) is 5.32 Å². The number of hydrogen-bond donors (Lipinski definition) is 1. The van der Waals surface area contributed by atoms with Gasteiger partial charge in [-0.2, -0.15) is 0 Å². The number of rotatable bonds is 1. The summed E-state index contributed by atoms with van der Waals surface area (Å²) in [6.45, 7) is 7.16. The highest BCUT2D eigenvalue weighted by Crippen LogP contribution is 2.29. The van der Waals surface area contributed by atoms with Crippen LogP contribution in [-0.2, 0) is 4.74 Å². The Labute approximate surface area is 102 Å². The molecular formula is C13H18ClNO. The van der Waals surface area contributed by atoms with Gasteiger partial charge in [-0.25, -0.2) is 0 Å². The maximum absolute atomic E-state index is 5.99. The molecule has 1 aliphatic heterocycles. The Kier molecular flexibility index (Phi) is 3.24. The van der Waals surface area contributed by atoms with Crippen LogP contribution in [0, 0.1) is 0 Å². The van der Waals surface area contributed by atoms with Crippen LogP contribution in [0.2, 0.25) is 5.02 Å². The molecule has 2 rings (SSSR count). The van der Waals surface area contributed by atoms with Gasteiger partial charge < -0.3 is 10.1 Å². The number of hydrogen-bond acceptors (Lipinski definition) is 2. The lowest BCUT2D eigenvalue weighted by Gasteiger charge is -2.41. The van der Waals surface area contributed by atoms with E-state index in [1.807, 2.05) is 18.2 Å². The topological polar surface area (TPSA) is 21.3 Å². The van der Waals surface area contributed by atoms with E-state index in [0.717, 1.165) is 10.6 Å². The van der Waals surface area contributed by atoms with Crippen molar-refractivity contribution in [3.8, 4) is 0 Å². The first-order valence-corrected chi connectivity index (χ1v) is 6.00. The number of nitrogens with one attached hydrogen (secondary N) is 1. The van der Waals surface area contributed by atoms with E-state index in [4.69, 9.17) is 16.3 Å². The first-order valence-electron chi connectivity index (χ1n) is 5.63. The van der Waals surface area contributed by atoms with Gasteiger partial charge in [0.1, 0.15) is 0 Å². The molecule has 3 heteroatoms. The first-order chi connectivity index (χ1) is 7.48. The van der Waals surface area contributed by atoms with E-state index < -0.39 is 0 Å². The minimum Gasteiger partial charge on any atom is -0.370 e. The molecule has 2 nitrogen and oxygen atoms in total. The maximum atomic E-state index is 5.99. The van der Waals surface area contributed by atoms with Crippen LogP contribution in [0.15, 0.2) is 24.3 Å². The molecule has 1 heterocycles. The summed E-state index contributed by atoms with van der Waals surface area (Å²) in [5.74, 6) is 0. The third-order valence-electron chi connectivity index (χ3n) is 2.87. The summed E-state index contributed by atoms with van der Waals surface area (Å²) in [5.41, 5.74) is 1.19. The van der Waals surface area contributed by atoms with E-state index in [1.54, 1.807) is 0 Å². The summed E-state index contributed by atoms with van der Waals surface area (Å²) in [5, 5.41) is 4.32. The van der Waals surface area contributed by atoms with E-state index in [9.17, 15) is 0 Å². The fourth-order valence-corrected chi connectivity index (χ4v) is 2.44. The van der Waals surface area contributed by atoms with E-state index >= 15 is 0 Å². The first kappa shape index (κ1) is 11.9. The Morgan fingerprint density at radius 1 is 1.44 bits per heavy atom. The predicted octanol–water partition coefficient (Wildman–Crippen LogP) is 3.17. The van der Waals surface area contributed by atoms with Crippen LogP contribution in [0.1, 0.15) is 32.4 Å². The largest absolute Gasteiger partial charge is 0.370 e. The van der Waals surface area contributed by atoms with Gasteiger partial charge in [0.05, 0.1) is 12.7 Å². The van der Waals surface area contributed by atoms with E-state index in [2.05, 4.69) is 32.2 Å². The highest BCUT2D eigenvalue weighted by molar-refractivity contribution is 6.30. The summed E-state index contributed by atoms with van der Waals surface area (Å²) < 4.78 is 5.93. The summed E-state index contributed by atoms with van der Waals surface area (Å²) >= 11 is 5.99. The Morgan fingerprint density at radius 3 is 2.81 bits per heavy atom. The van der Waals surface area contributed by atoms with Gasteiger partial charge in [0.15, 0.2) is 0 Å². The van der Waals surface area contributed by atoms with E-state index in [1.165, 1.54) is 0 Å². The van der Waals surface area contributed by atoms with E-state index in [-0.39, 0.29) is 11.6 Å². The summed E-state index contributed by atoms with van der Waals surface area (Å²) in [7, 11) is 0. The second kappa shape index (κ2) is 4.36. The fraction of sp³-hybridized carbons (Fsp3) is 0.538. The number of morpholine rings is 1. The smallest absolute Gasteiger partial charge is 0.0976 e. The molecule has 1 aromatic carbocycles. The van der Waals surface area contributed by atoms with Crippen molar-refractivity contribution in [2.24, 2.45) is 0 Å². The number of benzene rings is 1. The molecule has 88 valence electrons. The van der Waals surface area contributed by atoms with Crippen molar-refractivity contribution in [1.29, 1.82) is 0 Å². The second-order valence-corrected chi connectivity index (χ2v) is 5.54. The van der Waals surface area contributed by atoms with Crippen molar-refractivity contribution in [2.75, 3.05) is 6.61 Å². The molecule has 0 spiro atoms. The molecule has 0 amide bonds. The van der Waals surface area contributed by atoms with Gasteiger partial charge in [-0.15, -0.1) is 0 Å². The minimum atomic E-state index is 0.0501. The number of ether oxygens (including phenoxy) is 1. The quantitative estimate of drug-likeness (QED) is 0.813. The van der Waals surface area contributed by atoms with Crippen molar-refractivity contribution in [3.63, 3.8) is 0 Å². The Balaban J connectivity index is 2.17. The molecular weight excluding hydrogens is 222 g/mol. The van der Waals surface area contributed by atoms with E-state index in [0.29, 0.717) is 12.6 Å². The summed E-state index contributed by atoms with van der Waals surface area (Å²) in [6, 6.07) is 8.18. The van der Waals surface area contributed by atoms with Gasteiger partial charge in [-0.3, -0.25) is 0 Å². The zero-order valence-electron chi connectivity index (χ0n) is 9.96. The van der Waals surface area contributed by atoms with Crippen molar-refractivity contribution >= 4 is 11.6 Å². The molecule has 0 radical (unpaired) electrons. The van der Waals surface area contributed by atoms with Crippen LogP contribution in [0.5, 0.6) is 0 Å². The highest BCUT2D eigenvalue weighted by atomic mass is 35.5. The molecule has 0 unspecified atom stereocenters. The lowest BCUT2D eigenvalue weighted by molar-refractivity contribution is -0.0495. The zero-order valence-corrected chi connectivity index (χ0v) is 10.7. The molecule has 0 aromatic heterocycles. The van der Waals surface area contributed by atoms with Crippen molar-refractivity contribution < 1.29 is 4.74 Å². The van der Waals surface area contributed by atoms with Crippen molar-refractivity contribution in [3.05, 3.63) is 34.9 Å². The van der Waals surface area contributed by atoms with Gasteiger partial charge in [0, 0.05) is 16.6 Å². The van der Waals surface area contributed by atoms with Gasteiger partial charge >= 0.3 is 0 Å². The molecule has 1 N–H and O–H groups in total. The standard InChI is InChI=1S/C13H18ClNO/c1-9-12(16-8-13(2,3)15-9)10-5-4-6-11(14)7-10/h4-7,9,12,15H,8H2,1-3H3/t9-,12+/m0/s1. The molecule has 0 aliphatic carbocycles. The molecule has 0 bridgehead atoms. The molecule has 1 aromatic rings. The molecule has 2 atom stereocenters. The number of halogens is 1. The lowest BCUT2D eigenvalue weighted by Crippen LogP contribution is -2.55. The molecule has 16 heavy (non-hydrogen) atoms. The fourth-order valence-electron chi connectivity index (χ4n) is 2.24. The Morgan fingerprint density at radius 2 is 2.19 bits per heavy atom. The van der Waals surface area contributed by atoms with Gasteiger partial charge in [0.2, 0.25) is 0 Å². The van der Waals surface area contributed by atoms with Gasteiger partial charge in [-0.05, 0) is 38.5 Å². The van der Waals surface area contributed by atoms with Crippen LogP contribution in [0.25, 0.3) is 0 Å².